The van der Waals surface area contributed by atoms with Crippen molar-refractivity contribution < 1.29 is 14.6 Å². The summed E-state index contributed by atoms with van der Waals surface area (Å²) in [4.78, 5) is 17.1. The van der Waals surface area contributed by atoms with Crippen molar-refractivity contribution in [2.24, 2.45) is 11.8 Å². The monoisotopic (exact) mass is 312 g/mol. The second-order valence-electron chi connectivity index (χ2n) is 7.09. The van der Waals surface area contributed by atoms with Crippen LogP contribution in [-0.2, 0) is 9.53 Å². The number of aliphatic hydroxyl groups is 1. The Labute approximate surface area is 134 Å². The van der Waals surface area contributed by atoms with Gasteiger partial charge in [-0.3, -0.25) is 4.79 Å². The van der Waals surface area contributed by atoms with Crippen molar-refractivity contribution in [1.82, 2.24) is 9.80 Å². The molecule has 22 heavy (non-hydrogen) atoms. The smallest absolute Gasteiger partial charge is 0.228 e. The van der Waals surface area contributed by atoms with E-state index in [-0.39, 0.29) is 18.6 Å². The molecule has 5 heteroatoms. The normalized spacial score (nSPS) is 27.6. The van der Waals surface area contributed by atoms with E-state index in [1.807, 2.05) is 4.90 Å². The number of amides is 1. The SMILES string of the molecule is CC(C)[C@H]1OCCC[C@@H]1C(=O)N1CCC(N(C)CCO)CC1. The van der Waals surface area contributed by atoms with Crippen LogP contribution in [0, 0.1) is 11.8 Å². The number of hydrogen-bond acceptors (Lipinski definition) is 4. The number of rotatable bonds is 5. The number of piperidine rings is 1. The molecule has 1 N–H and O–H groups in total. The minimum absolute atomic E-state index is 0.0421. The van der Waals surface area contributed by atoms with Crippen LogP contribution in [0.15, 0.2) is 0 Å². The lowest BCUT2D eigenvalue weighted by atomic mass is 9.86. The average molecular weight is 312 g/mol. The molecule has 0 aromatic heterocycles. The number of carbonyl (C=O) groups excluding carboxylic acids is 1. The molecule has 0 bridgehead atoms. The summed E-state index contributed by atoms with van der Waals surface area (Å²) in [6.07, 6.45) is 4.04. The molecular weight excluding hydrogens is 280 g/mol. The van der Waals surface area contributed by atoms with E-state index in [0.717, 1.165) is 45.4 Å². The first-order valence-corrected chi connectivity index (χ1v) is 8.76. The Kier molecular flexibility index (Phi) is 6.66. The molecule has 128 valence electrons. The number of likely N-dealkylation sites (N-methyl/N-ethyl adjacent to an activating group) is 1. The van der Waals surface area contributed by atoms with Gasteiger partial charge in [0.05, 0.1) is 18.6 Å². The average Bonchev–Trinajstić information content (AvgIpc) is 2.54. The second kappa shape index (κ2) is 8.27. The fraction of sp³-hybridized carbons (Fsp3) is 0.941. The molecular formula is C17H32N2O3. The first-order chi connectivity index (χ1) is 10.5. The zero-order valence-electron chi connectivity index (χ0n) is 14.3. The van der Waals surface area contributed by atoms with Gasteiger partial charge in [0.25, 0.3) is 0 Å². The molecule has 2 aliphatic rings. The van der Waals surface area contributed by atoms with Gasteiger partial charge in [-0.15, -0.1) is 0 Å². The summed E-state index contributed by atoms with van der Waals surface area (Å²) in [5.41, 5.74) is 0. The third-order valence-corrected chi connectivity index (χ3v) is 5.19. The molecule has 0 aromatic rings. The maximum absolute atomic E-state index is 12.9. The highest BCUT2D eigenvalue weighted by Crippen LogP contribution is 2.29. The molecule has 0 radical (unpaired) electrons. The Morgan fingerprint density at radius 3 is 2.59 bits per heavy atom. The Morgan fingerprint density at radius 2 is 2.00 bits per heavy atom. The van der Waals surface area contributed by atoms with Crippen molar-refractivity contribution in [3.63, 3.8) is 0 Å². The lowest BCUT2D eigenvalue weighted by Gasteiger charge is -2.40. The molecule has 0 spiro atoms. The summed E-state index contributed by atoms with van der Waals surface area (Å²) in [6.45, 7) is 7.66. The van der Waals surface area contributed by atoms with Gasteiger partial charge in [0.2, 0.25) is 5.91 Å². The van der Waals surface area contributed by atoms with E-state index >= 15 is 0 Å². The van der Waals surface area contributed by atoms with E-state index < -0.39 is 0 Å². The molecule has 2 heterocycles. The van der Waals surface area contributed by atoms with Gasteiger partial charge in [-0.2, -0.15) is 0 Å². The van der Waals surface area contributed by atoms with Crippen molar-refractivity contribution in [3.05, 3.63) is 0 Å². The largest absolute Gasteiger partial charge is 0.395 e. The Hall–Kier alpha value is -0.650. The lowest BCUT2D eigenvalue weighted by Crippen LogP contribution is -2.51. The molecule has 1 amide bonds. The summed E-state index contributed by atoms with van der Waals surface area (Å²) in [5, 5.41) is 9.04. The number of nitrogens with zero attached hydrogens (tertiary/aromatic N) is 2. The summed E-state index contributed by atoms with van der Waals surface area (Å²) >= 11 is 0. The highest BCUT2D eigenvalue weighted by molar-refractivity contribution is 5.79. The molecule has 0 aromatic carbocycles. The first kappa shape index (κ1) is 17.7. The van der Waals surface area contributed by atoms with Gasteiger partial charge in [0.15, 0.2) is 0 Å². The standard InChI is InChI=1S/C17H32N2O3/c1-13(2)16-15(5-4-12-22-16)17(21)19-8-6-14(7-9-19)18(3)10-11-20/h13-16,20H,4-12H2,1-3H3/t15-,16+/m0/s1. The topological polar surface area (TPSA) is 53.0 Å². The van der Waals surface area contributed by atoms with Gasteiger partial charge in [-0.05, 0) is 38.6 Å². The summed E-state index contributed by atoms with van der Waals surface area (Å²) in [6, 6.07) is 0.486. The molecule has 5 nitrogen and oxygen atoms in total. The van der Waals surface area contributed by atoms with E-state index in [1.165, 1.54) is 0 Å². The van der Waals surface area contributed by atoms with Gasteiger partial charge in [-0.25, -0.2) is 0 Å². The molecule has 0 unspecified atom stereocenters. The predicted octanol–water partition coefficient (Wildman–Crippen LogP) is 1.35. The summed E-state index contributed by atoms with van der Waals surface area (Å²) < 4.78 is 5.87. The second-order valence-corrected chi connectivity index (χ2v) is 7.09. The maximum Gasteiger partial charge on any atom is 0.228 e. The van der Waals surface area contributed by atoms with E-state index in [1.54, 1.807) is 0 Å². The lowest BCUT2D eigenvalue weighted by molar-refractivity contribution is -0.149. The van der Waals surface area contributed by atoms with Crippen LogP contribution in [-0.4, -0.2) is 72.9 Å². The van der Waals surface area contributed by atoms with E-state index in [4.69, 9.17) is 9.84 Å². The number of hydrogen-bond donors (Lipinski definition) is 1. The van der Waals surface area contributed by atoms with Crippen molar-refractivity contribution >= 4 is 5.91 Å². The number of aliphatic hydroxyl groups excluding tert-OH is 1. The molecule has 2 rings (SSSR count). The molecule has 2 fully saturated rings. The minimum atomic E-state index is 0.0421. The predicted molar refractivity (Wildman–Crippen MR) is 86.6 cm³/mol. The highest BCUT2D eigenvalue weighted by Gasteiger charge is 2.37. The molecule has 2 aliphatic heterocycles. The Morgan fingerprint density at radius 1 is 1.32 bits per heavy atom. The minimum Gasteiger partial charge on any atom is -0.395 e. The van der Waals surface area contributed by atoms with E-state index in [9.17, 15) is 4.79 Å². The van der Waals surface area contributed by atoms with E-state index in [2.05, 4.69) is 25.8 Å². The molecule has 0 saturated carbocycles. The van der Waals surface area contributed by atoms with Crippen LogP contribution in [0.3, 0.4) is 0 Å². The van der Waals surface area contributed by atoms with Crippen molar-refractivity contribution in [3.8, 4) is 0 Å². The summed E-state index contributed by atoms with van der Waals surface area (Å²) in [7, 11) is 2.06. The fourth-order valence-corrected chi connectivity index (χ4v) is 3.83. The van der Waals surface area contributed by atoms with Gasteiger partial charge >= 0.3 is 0 Å². The Balaban J connectivity index is 1.88. The number of likely N-dealkylation sites (tertiary alicyclic amines) is 1. The third kappa shape index (κ3) is 4.21. The van der Waals surface area contributed by atoms with Crippen LogP contribution in [0.5, 0.6) is 0 Å². The van der Waals surface area contributed by atoms with Gasteiger partial charge in [0.1, 0.15) is 0 Å². The molecule has 2 atom stereocenters. The van der Waals surface area contributed by atoms with Crippen molar-refractivity contribution in [2.75, 3.05) is 39.9 Å². The van der Waals surface area contributed by atoms with Crippen molar-refractivity contribution in [1.29, 1.82) is 0 Å². The number of ether oxygens (including phenoxy) is 1. The fourth-order valence-electron chi connectivity index (χ4n) is 3.83. The summed E-state index contributed by atoms with van der Waals surface area (Å²) in [5.74, 6) is 0.726. The Bertz CT molecular complexity index is 354. The third-order valence-electron chi connectivity index (χ3n) is 5.19. The molecule has 2 saturated heterocycles. The van der Waals surface area contributed by atoms with Crippen LogP contribution >= 0.6 is 0 Å². The van der Waals surface area contributed by atoms with Crippen LogP contribution in [0.4, 0.5) is 0 Å². The van der Waals surface area contributed by atoms with Gasteiger partial charge in [-0.1, -0.05) is 13.8 Å². The van der Waals surface area contributed by atoms with Crippen LogP contribution in [0.25, 0.3) is 0 Å². The van der Waals surface area contributed by atoms with Crippen LogP contribution in [0.2, 0.25) is 0 Å². The molecule has 0 aliphatic carbocycles. The zero-order chi connectivity index (χ0) is 16.1. The quantitative estimate of drug-likeness (QED) is 0.833. The van der Waals surface area contributed by atoms with Crippen molar-refractivity contribution in [2.45, 2.75) is 51.7 Å². The zero-order valence-corrected chi connectivity index (χ0v) is 14.3. The first-order valence-electron chi connectivity index (χ1n) is 8.76. The highest BCUT2D eigenvalue weighted by atomic mass is 16.5. The van der Waals surface area contributed by atoms with Crippen LogP contribution < -0.4 is 0 Å². The van der Waals surface area contributed by atoms with Gasteiger partial charge < -0.3 is 19.6 Å². The van der Waals surface area contributed by atoms with Gasteiger partial charge in [0, 0.05) is 32.3 Å². The van der Waals surface area contributed by atoms with E-state index in [0.29, 0.717) is 24.4 Å². The van der Waals surface area contributed by atoms with Crippen LogP contribution in [0.1, 0.15) is 39.5 Å². The maximum atomic E-state index is 12.9. The number of carbonyl (C=O) groups is 1.